The molecule has 0 saturated carbocycles. The number of hydrogen-bond acceptors (Lipinski definition) is 4. The average Bonchev–Trinajstić information content (AvgIpc) is 2.48. The molecule has 1 heterocycles. The molecule has 0 spiro atoms. The Labute approximate surface area is 134 Å². The van der Waals surface area contributed by atoms with E-state index in [1.54, 1.807) is 32.4 Å². The van der Waals surface area contributed by atoms with Crippen LogP contribution in [0.15, 0.2) is 27.6 Å². The van der Waals surface area contributed by atoms with Crippen molar-refractivity contribution in [2.75, 3.05) is 27.2 Å². The van der Waals surface area contributed by atoms with E-state index in [1.165, 1.54) is 10.7 Å². The van der Waals surface area contributed by atoms with Crippen LogP contribution < -0.4 is 10.1 Å². The summed E-state index contributed by atoms with van der Waals surface area (Å²) in [6.45, 7) is 1.46. The van der Waals surface area contributed by atoms with Crippen molar-refractivity contribution >= 4 is 26.0 Å². The van der Waals surface area contributed by atoms with E-state index in [0.717, 1.165) is 19.4 Å². The fourth-order valence-corrected chi connectivity index (χ4v) is 4.41. The highest BCUT2D eigenvalue weighted by Crippen LogP contribution is 2.28. The molecular formula is C14H21BrN2O3S. The average molecular weight is 377 g/mol. The summed E-state index contributed by atoms with van der Waals surface area (Å²) >= 11 is 3.33. The molecule has 118 valence electrons. The Morgan fingerprint density at radius 2 is 2.19 bits per heavy atom. The normalized spacial score (nSPS) is 19.7. The fourth-order valence-electron chi connectivity index (χ4n) is 2.48. The standard InChI is InChI=1S/C14H21BrN2O3S/c1-17(10-11-5-3-4-8-16-11)21(18,19)12-6-7-14(20-2)13(15)9-12/h6-7,9,11,16H,3-5,8,10H2,1-2H3. The molecule has 5 nitrogen and oxygen atoms in total. The summed E-state index contributed by atoms with van der Waals surface area (Å²) in [6.07, 6.45) is 3.34. The zero-order valence-corrected chi connectivity index (χ0v) is 14.7. The topological polar surface area (TPSA) is 58.6 Å². The second-order valence-corrected chi connectivity index (χ2v) is 8.13. The molecule has 1 saturated heterocycles. The van der Waals surface area contributed by atoms with Crippen LogP contribution in [0.5, 0.6) is 5.75 Å². The van der Waals surface area contributed by atoms with E-state index in [2.05, 4.69) is 21.2 Å². The van der Waals surface area contributed by atoms with Gasteiger partial charge in [0, 0.05) is 19.6 Å². The molecule has 2 rings (SSSR count). The van der Waals surface area contributed by atoms with Crippen molar-refractivity contribution < 1.29 is 13.2 Å². The monoisotopic (exact) mass is 376 g/mol. The maximum absolute atomic E-state index is 12.6. The van der Waals surface area contributed by atoms with E-state index in [9.17, 15) is 8.42 Å². The fraction of sp³-hybridized carbons (Fsp3) is 0.571. The summed E-state index contributed by atoms with van der Waals surface area (Å²) in [6, 6.07) is 5.05. The number of methoxy groups -OCH3 is 1. The lowest BCUT2D eigenvalue weighted by Crippen LogP contribution is -2.44. The lowest BCUT2D eigenvalue weighted by atomic mass is 10.1. The van der Waals surface area contributed by atoms with Crippen LogP contribution in [0.1, 0.15) is 19.3 Å². The van der Waals surface area contributed by atoms with Crippen LogP contribution in [0.3, 0.4) is 0 Å². The highest BCUT2D eigenvalue weighted by atomic mass is 79.9. The number of rotatable bonds is 5. The van der Waals surface area contributed by atoms with Crippen LogP contribution in [0.4, 0.5) is 0 Å². The first-order valence-electron chi connectivity index (χ1n) is 6.98. The Bertz CT molecular complexity index is 586. The van der Waals surface area contributed by atoms with Crippen molar-refractivity contribution in [3.8, 4) is 5.75 Å². The summed E-state index contributed by atoms with van der Waals surface area (Å²) in [7, 11) is -0.299. The smallest absolute Gasteiger partial charge is 0.242 e. The number of ether oxygens (including phenoxy) is 1. The number of likely N-dealkylation sites (N-methyl/N-ethyl adjacent to an activating group) is 1. The molecule has 7 heteroatoms. The highest BCUT2D eigenvalue weighted by molar-refractivity contribution is 9.10. The van der Waals surface area contributed by atoms with Gasteiger partial charge in [-0.25, -0.2) is 8.42 Å². The summed E-state index contributed by atoms with van der Waals surface area (Å²) in [5.74, 6) is 0.616. The van der Waals surface area contributed by atoms with Gasteiger partial charge in [-0.15, -0.1) is 0 Å². The van der Waals surface area contributed by atoms with Gasteiger partial charge in [0.1, 0.15) is 5.75 Å². The molecule has 1 unspecified atom stereocenters. The Morgan fingerprint density at radius 3 is 2.76 bits per heavy atom. The third-order valence-electron chi connectivity index (χ3n) is 3.72. The molecule has 1 atom stereocenters. The number of halogens is 1. The van der Waals surface area contributed by atoms with E-state index >= 15 is 0 Å². The zero-order valence-electron chi connectivity index (χ0n) is 12.3. The van der Waals surface area contributed by atoms with Gasteiger partial charge in [0.05, 0.1) is 16.5 Å². The minimum absolute atomic E-state index is 0.236. The van der Waals surface area contributed by atoms with Crippen LogP contribution in [0.2, 0.25) is 0 Å². The van der Waals surface area contributed by atoms with Crippen molar-refractivity contribution in [3.63, 3.8) is 0 Å². The molecule has 1 aliphatic rings. The quantitative estimate of drug-likeness (QED) is 0.855. The first-order chi connectivity index (χ1) is 9.95. The molecule has 0 bridgehead atoms. The first kappa shape index (κ1) is 16.7. The second-order valence-electron chi connectivity index (χ2n) is 5.23. The maximum atomic E-state index is 12.6. The Hall–Kier alpha value is -0.630. The van der Waals surface area contributed by atoms with Crippen molar-refractivity contribution in [1.82, 2.24) is 9.62 Å². The van der Waals surface area contributed by atoms with Gasteiger partial charge in [-0.05, 0) is 53.5 Å². The Kier molecular flexibility index (Phi) is 5.65. The number of nitrogens with zero attached hydrogens (tertiary/aromatic N) is 1. The zero-order chi connectivity index (χ0) is 15.5. The number of hydrogen-bond donors (Lipinski definition) is 1. The molecule has 1 aromatic rings. The molecule has 1 fully saturated rings. The largest absolute Gasteiger partial charge is 0.496 e. The van der Waals surface area contributed by atoms with Crippen molar-refractivity contribution in [1.29, 1.82) is 0 Å². The predicted octanol–water partition coefficient (Wildman–Crippen LogP) is 2.22. The molecular weight excluding hydrogens is 356 g/mol. The summed E-state index contributed by atoms with van der Waals surface area (Å²) in [4.78, 5) is 0.272. The third kappa shape index (κ3) is 3.97. The molecule has 0 amide bonds. The lowest BCUT2D eigenvalue weighted by Gasteiger charge is -2.27. The molecule has 0 aliphatic carbocycles. The molecule has 21 heavy (non-hydrogen) atoms. The van der Waals surface area contributed by atoms with E-state index < -0.39 is 10.0 Å². The minimum Gasteiger partial charge on any atom is -0.496 e. The molecule has 1 N–H and O–H groups in total. The maximum Gasteiger partial charge on any atom is 0.242 e. The molecule has 0 aromatic heterocycles. The van der Waals surface area contributed by atoms with E-state index in [4.69, 9.17) is 4.74 Å². The lowest BCUT2D eigenvalue weighted by molar-refractivity contribution is 0.337. The Morgan fingerprint density at radius 1 is 1.43 bits per heavy atom. The molecule has 1 aliphatic heterocycles. The van der Waals surface area contributed by atoms with Gasteiger partial charge in [0.2, 0.25) is 10.0 Å². The van der Waals surface area contributed by atoms with Crippen molar-refractivity contribution in [3.05, 3.63) is 22.7 Å². The van der Waals surface area contributed by atoms with Crippen LogP contribution in [0, 0.1) is 0 Å². The minimum atomic E-state index is -3.48. The van der Waals surface area contributed by atoms with Crippen LogP contribution in [0.25, 0.3) is 0 Å². The summed E-state index contributed by atoms with van der Waals surface area (Å²) in [5.41, 5.74) is 0. The van der Waals surface area contributed by atoms with Gasteiger partial charge in [-0.2, -0.15) is 4.31 Å². The predicted molar refractivity (Wildman–Crippen MR) is 86.2 cm³/mol. The highest BCUT2D eigenvalue weighted by Gasteiger charge is 2.25. The summed E-state index contributed by atoms with van der Waals surface area (Å²) in [5, 5.41) is 3.37. The number of benzene rings is 1. The first-order valence-corrected chi connectivity index (χ1v) is 9.21. The number of sulfonamides is 1. The van der Waals surface area contributed by atoms with Crippen molar-refractivity contribution in [2.24, 2.45) is 0 Å². The second kappa shape index (κ2) is 7.09. The van der Waals surface area contributed by atoms with E-state index in [0.29, 0.717) is 16.8 Å². The Balaban J connectivity index is 2.14. The molecule has 0 radical (unpaired) electrons. The van der Waals surface area contributed by atoms with Gasteiger partial charge in [0.15, 0.2) is 0 Å². The van der Waals surface area contributed by atoms with Crippen LogP contribution >= 0.6 is 15.9 Å². The van der Waals surface area contributed by atoms with Gasteiger partial charge >= 0.3 is 0 Å². The van der Waals surface area contributed by atoms with Gasteiger partial charge in [-0.3, -0.25) is 0 Å². The SMILES string of the molecule is COc1ccc(S(=O)(=O)N(C)CC2CCCCN2)cc1Br. The third-order valence-corrected chi connectivity index (χ3v) is 6.16. The van der Waals surface area contributed by atoms with Crippen molar-refractivity contribution in [2.45, 2.75) is 30.2 Å². The van der Waals surface area contributed by atoms with Gasteiger partial charge in [-0.1, -0.05) is 6.42 Å². The van der Waals surface area contributed by atoms with Gasteiger partial charge < -0.3 is 10.1 Å². The van der Waals surface area contributed by atoms with Crippen LogP contribution in [-0.2, 0) is 10.0 Å². The van der Waals surface area contributed by atoms with Gasteiger partial charge in [0.25, 0.3) is 0 Å². The number of nitrogens with one attached hydrogen (secondary N) is 1. The van der Waals surface area contributed by atoms with E-state index in [1.807, 2.05) is 0 Å². The molecule has 1 aromatic carbocycles. The van der Waals surface area contributed by atoms with E-state index in [-0.39, 0.29) is 10.9 Å². The summed E-state index contributed by atoms with van der Waals surface area (Å²) < 4.78 is 32.4. The number of piperidine rings is 1. The van der Waals surface area contributed by atoms with Crippen LogP contribution in [-0.4, -0.2) is 46.0 Å².